The van der Waals surface area contributed by atoms with Crippen LogP contribution in [0.25, 0.3) is 0 Å². The topological polar surface area (TPSA) is 45.2 Å². The molecule has 1 aromatic rings. The number of nitrogens with one attached hydrogen (secondary N) is 1. The van der Waals surface area contributed by atoms with Gasteiger partial charge < -0.3 is 10.2 Å². The molecule has 1 aromatic heterocycles. The molecule has 2 aliphatic heterocycles. The van der Waals surface area contributed by atoms with Gasteiger partial charge in [0, 0.05) is 30.4 Å². The predicted octanol–water partition coefficient (Wildman–Crippen LogP) is 2.44. The lowest BCUT2D eigenvalue weighted by atomic mass is 9.97. The van der Waals surface area contributed by atoms with Gasteiger partial charge in [0.05, 0.1) is 11.3 Å². The van der Waals surface area contributed by atoms with Crippen molar-refractivity contribution in [2.45, 2.75) is 64.6 Å². The maximum absolute atomic E-state index is 12.9. The lowest BCUT2D eigenvalue weighted by molar-refractivity contribution is 0.0630. The summed E-state index contributed by atoms with van der Waals surface area (Å²) in [5.41, 5.74) is 2.57. The summed E-state index contributed by atoms with van der Waals surface area (Å²) in [6.45, 7) is 6.75. The molecule has 2 bridgehead atoms. The molecule has 3 heterocycles. The van der Waals surface area contributed by atoms with Gasteiger partial charge in [0.15, 0.2) is 0 Å². The number of nitrogens with zero attached hydrogens (tertiary/aromatic N) is 2. The van der Waals surface area contributed by atoms with Gasteiger partial charge in [-0.05, 0) is 58.6 Å². The summed E-state index contributed by atoms with van der Waals surface area (Å²) >= 11 is 0. The highest BCUT2D eigenvalue weighted by atomic mass is 16.2. The number of aryl methyl sites for hydroxylation is 2. The Hall–Kier alpha value is -1.42. The first-order valence-corrected chi connectivity index (χ1v) is 8.09. The highest BCUT2D eigenvalue weighted by Crippen LogP contribution is 2.30. The van der Waals surface area contributed by atoms with E-state index in [-0.39, 0.29) is 5.91 Å². The Kier molecular flexibility index (Phi) is 3.98. The standard InChI is InChI=1S/C17H25N3O/c1-4-20(15-9-13-6-7-14(10-15)19-13)17(21)16-8-5-11(2)18-12(16)3/h5,8,13-15,19H,4,6-7,9-10H2,1-3H3. The fourth-order valence-electron chi connectivity index (χ4n) is 3.92. The van der Waals surface area contributed by atoms with Gasteiger partial charge in [-0.25, -0.2) is 0 Å². The van der Waals surface area contributed by atoms with Crippen LogP contribution in [0.4, 0.5) is 0 Å². The van der Waals surface area contributed by atoms with Gasteiger partial charge in [0.1, 0.15) is 0 Å². The van der Waals surface area contributed by atoms with Crippen LogP contribution in [0.1, 0.15) is 54.4 Å². The van der Waals surface area contributed by atoms with E-state index in [2.05, 4.69) is 22.1 Å². The third-order valence-electron chi connectivity index (χ3n) is 4.95. The van der Waals surface area contributed by atoms with E-state index in [1.165, 1.54) is 12.8 Å². The SMILES string of the molecule is CCN(C(=O)c1ccc(C)nc1C)C1CC2CCC(C1)N2. The van der Waals surface area contributed by atoms with Crippen molar-refractivity contribution in [3.63, 3.8) is 0 Å². The first-order chi connectivity index (χ1) is 10.1. The average molecular weight is 287 g/mol. The van der Waals surface area contributed by atoms with E-state index in [9.17, 15) is 4.79 Å². The number of pyridine rings is 1. The summed E-state index contributed by atoms with van der Waals surface area (Å²) in [5.74, 6) is 0.147. The number of amides is 1. The molecule has 2 atom stereocenters. The minimum absolute atomic E-state index is 0.147. The minimum atomic E-state index is 0.147. The number of carbonyl (C=O) groups is 1. The van der Waals surface area contributed by atoms with Crippen molar-refractivity contribution in [3.8, 4) is 0 Å². The Labute approximate surface area is 126 Å². The van der Waals surface area contributed by atoms with E-state index in [1.807, 2.05) is 26.0 Å². The van der Waals surface area contributed by atoms with Crippen LogP contribution in [-0.2, 0) is 0 Å². The lowest BCUT2D eigenvalue weighted by Crippen LogP contribution is -2.50. The molecule has 0 spiro atoms. The van der Waals surface area contributed by atoms with Crippen molar-refractivity contribution in [1.29, 1.82) is 0 Å². The quantitative estimate of drug-likeness (QED) is 0.929. The molecule has 2 unspecified atom stereocenters. The Morgan fingerprint density at radius 1 is 1.29 bits per heavy atom. The Bertz CT molecular complexity index is 531. The van der Waals surface area contributed by atoms with Crippen LogP contribution in [0.2, 0.25) is 0 Å². The first-order valence-electron chi connectivity index (χ1n) is 8.09. The zero-order valence-corrected chi connectivity index (χ0v) is 13.2. The number of rotatable bonds is 3. The van der Waals surface area contributed by atoms with Crippen molar-refractivity contribution in [1.82, 2.24) is 15.2 Å². The van der Waals surface area contributed by atoms with Crippen LogP contribution in [0.5, 0.6) is 0 Å². The summed E-state index contributed by atoms with van der Waals surface area (Å²) < 4.78 is 0. The summed E-state index contributed by atoms with van der Waals surface area (Å²) in [7, 11) is 0. The van der Waals surface area contributed by atoms with E-state index in [0.29, 0.717) is 18.1 Å². The van der Waals surface area contributed by atoms with E-state index < -0.39 is 0 Å². The Balaban J connectivity index is 1.80. The number of piperidine rings is 1. The fourth-order valence-corrected chi connectivity index (χ4v) is 3.92. The Morgan fingerprint density at radius 3 is 2.52 bits per heavy atom. The monoisotopic (exact) mass is 287 g/mol. The smallest absolute Gasteiger partial charge is 0.255 e. The zero-order valence-electron chi connectivity index (χ0n) is 13.2. The molecule has 2 aliphatic rings. The number of fused-ring (bicyclic) bond motifs is 2. The minimum Gasteiger partial charge on any atom is -0.336 e. The van der Waals surface area contributed by atoms with E-state index in [1.54, 1.807) is 0 Å². The van der Waals surface area contributed by atoms with E-state index >= 15 is 0 Å². The molecule has 0 saturated carbocycles. The van der Waals surface area contributed by atoms with E-state index in [4.69, 9.17) is 0 Å². The molecule has 2 saturated heterocycles. The van der Waals surface area contributed by atoms with Crippen LogP contribution in [0, 0.1) is 13.8 Å². The van der Waals surface area contributed by atoms with Crippen LogP contribution in [-0.4, -0.2) is 40.5 Å². The van der Waals surface area contributed by atoms with Gasteiger partial charge in [-0.2, -0.15) is 0 Å². The fraction of sp³-hybridized carbons (Fsp3) is 0.647. The number of aromatic nitrogens is 1. The number of hydrogen-bond acceptors (Lipinski definition) is 3. The van der Waals surface area contributed by atoms with Gasteiger partial charge in [-0.3, -0.25) is 9.78 Å². The lowest BCUT2D eigenvalue weighted by Gasteiger charge is -2.37. The van der Waals surface area contributed by atoms with Crippen molar-refractivity contribution in [3.05, 3.63) is 29.1 Å². The first kappa shape index (κ1) is 14.5. The third-order valence-corrected chi connectivity index (χ3v) is 4.95. The molecule has 0 aromatic carbocycles. The molecule has 0 radical (unpaired) electrons. The number of carbonyl (C=O) groups excluding carboxylic acids is 1. The zero-order chi connectivity index (χ0) is 15.0. The highest BCUT2D eigenvalue weighted by molar-refractivity contribution is 5.95. The molecule has 21 heavy (non-hydrogen) atoms. The molecule has 0 aliphatic carbocycles. The van der Waals surface area contributed by atoms with Gasteiger partial charge in [-0.1, -0.05) is 0 Å². The summed E-state index contributed by atoms with van der Waals surface area (Å²) in [6.07, 6.45) is 4.71. The van der Waals surface area contributed by atoms with Crippen molar-refractivity contribution in [2.75, 3.05) is 6.54 Å². The summed E-state index contributed by atoms with van der Waals surface area (Å²) in [5, 5.41) is 3.65. The second-order valence-corrected chi connectivity index (χ2v) is 6.44. The van der Waals surface area contributed by atoms with Gasteiger partial charge in [0.2, 0.25) is 0 Å². The maximum atomic E-state index is 12.9. The molecule has 4 nitrogen and oxygen atoms in total. The van der Waals surface area contributed by atoms with Crippen LogP contribution < -0.4 is 5.32 Å². The molecule has 4 heteroatoms. The molecular weight excluding hydrogens is 262 g/mol. The van der Waals surface area contributed by atoms with Gasteiger partial charge >= 0.3 is 0 Å². The van der Waals surface area contributed by atoms with Gasteiger partial charge in [0.25, 0.3) is 5.91 Å². The second-order valence-electron chi connectivity index (χ2n) is 6.44. The average Bonchev–Trinajstić information content (AvgIpc) is 2.78. The van der Waals surface area contributed by atoms with Crippen molar-refractivity contribution in [2.24, 2.45) is 0 Å². The van der Waals surface area contributed by atoms with Gasteiger partial charge in [-0.15, -0.1) is 0 Å². The molecule has 2 fully saturated rings. The number of hydrogen-bond donors (Lipinski definition) is 1. The molecule has 1 N–H and O–H groups in total. The molecule has 3 rings (SSSR count). The largest absolute Gasteiger partial charge is 0.336 e. The maximum Gasteiger partial charge on any atom is 0.255 e. The molecule has 1 amide bonds. The van der Waals surface area contributed by atoms with E-state index in [0.717, 1.165) is 36.3 Å². The molecule has 114 valence electrons. The summed E-state index contributed by atoms with van der Waals surface area (Å²) in [4.78, 5) is 19.4. The highest BCUT2D eigenvalue weighted by Gasteiger charge is 2.37. The Morgan fingerprint density at radius 2 is 1.95 bits per heavy atom. The van der Waals surface area contributed by atoms with Crippen molar-refractivity contribution >= 4 is 5.91 Å². The second kappa shape index (κ2) is 5.76. The summed E-state index contributed by atoms with van der Waals surface area (Å²) in [6, 6.07) is 5.45. The van der Waals surface area contributed by atoms with Crippen LogP contribution in [0.3, 0.4) is 0 Å². The molecular formula is C17H25N3O. The third kappa shape index (κ3) is 2.82. The predicted molar refractivity (Wildman–Crippen MR) is 83.4 cm³/mol. The van der Waals surface area contributed by atoms with Crippen LogP contribution in [0.15, 0.2) is 12.1 Å². The normalized spacial score (nSPS) is 27.7. The van der Waals surface area contributed by atoms with Crippen molar-refractivity contribution < 1.29 is 4.79 Å². The van der Waals surface area contributed by atoms with Crippen LogP contribution >= 0.6 is 0 Å².